The molecule has 10 nitrogen and oxygen atoms in total. The number of carbonyl (C=O) groups excluding carboxylic acids is 1. The normalized spacial score (nSPS) is 11.3. The van der Waals surface area contributed by atoms with Gasteiger partial charge in [-0.05, 0) is 50.6 Å². The van der Waals surface area contributed by atoms with Gasteiger partial charge in [-0.25, -0.2) is 19.2 Å². The summed E-state index contributed by atoms with van der Waals surface area (Å²) in [7, 11) is 3.27. The minimum absolute atomic E-state index is 0.0386. The summed E-state index contributed by atoms with van der Waals surface area (Å²) in [4.78, 5) is 20.3. The number of benzene rings is 1. The molecule has 0 bridgehead atoms. The largest absolute Gasteiger partial charge is 0.494 e. The van der Waals surface area contributed by atoms with Crippen molar-refractivity contribution in [1.29, 1.82) is 0 Å². The first kappa shape index (κ1) is 23.9. The molecule has 0 radical (unpaired) electrons. The van der Waals surface area contributed by atoms with Crippen LogP contribution in [0.3, 0.4) is 0 Å². The lowest BCUT2D eigenvalue weighted by Crippen LogP contribution is -2.27. The SMILES string of the molecule is COc1c(N)cc(COCc2nc(NC(=O)OC(C)(C)C)ccc2F)cc1-c1ncn(C)n1. The van der Waals surface area contributed by atoms with Crippen LogP contribution in [-0.2, 0) is 29.7 Å². The maximum Gasteiger partial charge on any atom is 0.413 e. The Morgan fingerprint density at radius 3 is 2.64 bits per heavy atom. The molecule has 1 amide bonds. The fraction of sp³-hybridized carbons (Fsp3) is 0.364. The van der Waals surface area contributed by atoms with Gasteiger partial charge in [-0.3, -0.25) is 10.00 Å². The molecular weight excluding hydrogens is 431 g/mol. The number of amides is 1. The van der Waals surface area contributed by atoms with Crippen LogP contribution < -0.4 is 15.8 Å². The second-order valence-corrected chi connectivity index (χ2v) is 8.25. The molecule has 0 fully saturated rings. The molecule has 176 valence electrons. The van der Waals surface area contributed by atoms with E-state index in [1.807, 2.05) is 0 Å². The molecule has 0 unspecified atom stereocenters. The molecule has 33 heavy (non-hydrogen) atoms. The number of carbonyl (C=O) groups is 1. The maximum absolute atomic E-state index is 14.2. The van der Waals surface area contributed by atoms with E-state index >= 15 is 0 Å². The number of nitrogen functional groups attached to an aromatic ring is 1. The van der Waals surface area contributed by atoms with Gasteiger partial charge in [-0.2, -0.15) is 5.10 Å². The van der Waals surface area contributed by atoms with E-state index in [0.717, 1.165) is 5.56 Å². The van der Waals surface area contributed by atoms with Gasteiger partial charge in [0.2, 0.25) is 0 Å². The van der Waals surface area contributed by atoms with E-state index < -0.39 is 17.5 Å². The molecule has 0 aliphatic heterocycles. The van der Waals surface area contributed by atoms with Crippen molar-refractivity contribution >= 4 is 17.6 Å². The number of aromatic nitrogens is 4. The van der Waals surface area contributed by atoms with Crippen LogP contribution in [0.15, 0.2) is 30.6 Å². The highest BCUT2D eigenvalue weighted by molar-refractivity contribution is 5.83. The molecule has 11 heteroatoms. The number of nitrogens with one attached hydrogen (secondary N) is 1. The zero-order valence-corrected chi connectivity index (χ0v) is 19.2. The third-order valence-electron chi connectivity index (χ3n) is 4.28. The Balaban J connectivity index is 1.70. The average molecular weight is 458 g/mol. The molecule has 2 heterocycles. The van der Waals surface area contributed by atoms with Gasteiger partial charge in [0.15, 0.2) is 11.6 Å². The fourth-order valence-corrected chi connectivity index (χ4v) is 2.98. The number of aryl methyl sites for hydroxylation is 1. The summed E-state index contributed by atoms with van der Waals surface area (Å²) in [6.07, 6.45) is 0.888. The van der Waals surface area contributed by atoms with Crippen molar-refractivity contribution in [3.05, 3.63) is 47.7 Å². The van der Waals surface area contributed by atoms with E-state index in [4.69, 9.17) is 19.9 Å². The van der Waals surface area contributed by atoms with Crippen molar-refractivity contribution in [2.45, 2.75) is 39.6 Å². The van der Waals surface area contributed by atoms with Gasteiger partial charge in [0.25, 0.3) is 0 Å². The van der Waals surface area contributed by atoms with E-state index in [9.17, 15) is 9.18 Å². The van der Waals surface area contributed by atoms with E-state index in [1.165, 1.54) is 19.2 Å². The van der Waals surface area contributed by atoms with E-state index in [-0.39, 0.29) is 24.7 Å². The molecule has 1 aromatic carbocycles. The van der Waals surface area contributed by atoms with Crippen LogP contribution >= 0.6 is 0 Å². The number of hydrogen-bond donors (Lipinski definition) is 2. The number of anilines is 2. The number of halogens is 1. The number of ether oxygens (including phenoxy) is 3. The number of nitrogens with two attached hydrogens (primary N) is 1. The van der Waals surface area contributed by atoms with Gasteiger partial charge in [0, 0.05) is 7.05 Å². The lowest BCUT2D eigenvalue weighted by Gasteiger charge is -2.19. The summed E-state index contributed by atoms with van der Waals surface area (Å²) in [6.45, 7) is 5.22. The van der Waals surface area contributed by atoms with Crippen LogP contribution in [0, 0.1) is 5.82 Å². The van der Waals surface area contributed by atoms with E-state index in [1.54, 1.807) is 51.0 Å². The maximum atomic E-state index is 14.2. The van der Waals surface area contributed by atoms with Gasteiger partial charge in [0.1, 0.15) is 29.3 Å². The molecular formula is C22H27FN6O4. The lowest BCUT2D eigenvalue weighted by atomic mass is 10.1. The van der Waals surface area contributed by atoms with Crippen LogP contribution in [0.4, 0.5) is 20.7 Å². The van der Waals surface area contributed by atoms with E-state index in [2.05, 4.69) is 20.4 Å². The van der Waals surface area contributed by atoms with Gasteiger partial charge in [0.05, 0.1) is 31.6 Å². The van der Waals surface area contributed by atoms with Crippen molar-refractivity contribution in [3.63, 3.8) is 0 Å². The molecule has 0 aliphatic rings. The molecule has 3 aromatic rings. The summed E-state index contributed by atoms with van der Waals surface area (Å²) in [5.41, 5.74) is 7.23. The summed E-state index contributed by atoms with van der Waals surface area (Å²) >= 11 is 0. The molecule has 2 aromatic heterocycles. The molecule has 3 N–H and O–H groups in total. The minimum Gasteiger partial charge on any atom is -0.494 e. The molecule has 0 saturated heterocycles. The third-order valence-corrected chi connectivity index (χ3v) is 4.28. The molecule has 3 rings (SSSR count). The van der Waals surface area contributed by atoms with Crippen molar-refractivity contribution in [2.24, 2.45) is 7.05 Å². The quantitative estimate of drug-likeness (QED) is 0.514. The first-order valence-corrected chi connectivity index (χ1v) is 10.1. The molecule has 0 saturated carbocycles. The van der Waals surface area contributed by atoms with Crippen molar-refractivity contribution in [1.82, 2.24) is 19.7 Å². The second kappa shape index (κ2) is 9.82. The highest BCUT2D eigenvalue weighted by Crippen LogP contribution is 2.34. The standard InChI is InChI=1S/C22H27FN6O4/c1-22(2,3)33-21(30)27-18-7-6-15(23)17(26-18)11-32-10-13-8-14(19(31-5)16(24)9-13)20-25-12-29(4)28-20/h6-9,12H,10-11,24H2,1-5H3,(H,26,27,30). The molecule has 0 atom stereocenters. The van der Waals surface area contributed by atoms with Gasteiger partial charge < -0.3 is 19.9 Å². The van der Waals surface area contributed by atoms with Gasteiger partial charge >= 0.3 is 6.09 Å². The number of rotatable bonds is 7. The van der Waals surface area contributed by atoms with Crippen molar-refractivity contribution in [3.8, 4) is 17.1 Å². The number of pyridine rings is 1. The number of hydrogen-bond acceptors (Lipinski definition) is 8. The predicted molar refractivity (Wildman–Crippen MR) is 120 cm³/mol. The van der Waals surface area contributed by atoms with E-state index in [0.29, 0.717) is 22.8 Å². The van der Waals surface area contributed by atoms with Crippen LogP contribution in [0.5, 0.6) is 5.75 Å². The van der Waals surface area contributed by atoms with Crippen LogP contribution in [0.25, 0.3) is 11.4 Å². The monoisotopic (exact) mass is 458 g/mol. The lowest BCUT2D eigenvalue weighted by molar-refractivity contribution is 0.0635. The van der Waals surface area contributed by atoms with Gasteiger partial charge in [-0.15, -0.1) is 0 Å². The first-order valence-electron chi connectivity index (χ1n) is 10.1. The fourth-order valence-electron chi connectivity index (χ4n) is 2.98. The van der Waals surface area contributed by atoms with Crippen LogP contribution in [0.1, 0.15) is 32.0 Å². The Bertz CT molecular complexity index is 1140. The van der Waals surface area contributed by atoms with Crippen LogP contribution in [0.2, 0.25) is 0 Å². The van der Waals surface area contributed by atoms with Crippen LogP contribution in [-0.4, -0.2) is 38.6 Å². The topological polar surface area (TPSA) is 126 Å². The molecule has 0 aliphatic carbocycles. The highest BCUT2D eigenvalue weighted by Gasteiger charge is 2.18. The number of methoxy groups -OCH3 is 1. The van der Waals surface area contributed by atoms with Crippen molar-refractivity contribution < 1.29 is 23.4 Å². The first-order chi connectivity index (χ1) is 15.6. The summed E-state index contributed by atoms with van der Waals surface area (Å²) in [6, 6.07) is 6.05. The third kappa shape index (κ3) is 6.39. The zero-order valence-electron chi connectivity index (χ0n) is 19.2. The Morgan fingerprint density at radius 2 is 2.00 bits per heavy atom. The second-order valence-electron chi connectivity index (χ2n) is 8.25. The summed E-state index contributed by atoms with van der Waals surface area (Å²) in [5, 5.41) is 6.77. The summed E-state index contributed by atoms with van der Waals surface area (Å²) < 4.78 is 32.0. The Hall–Kier alpha value is -3.73. The average Bonchev–Trinajstić information content (AvgIpc) is 3.14. The molecule has 0 spiro atoms. The smallest absolute Gasteiger partial charge is 0.413 e. The van der Waals surface area contributed by atoms with Gasteiger partial charge in [-0.1, -0.05) is 0 Å². The summed E-state index contributed by atoms with van der Waals surface area (Å²) in [5.74, 6) is 0.508. The Morgan fingerprint density at radius 1 is 1.24 bits per heavy atom. The predicted octanol–water partition coefficient (Wildman–Crippen LogP) is 3.67. The Labute approximate surface area is 190 Å². The zero-order chi connectivity index (χ0) is 24.2. The minimum atomic E-state index is -0.683. The highest BCUT2D eigenvalue weighted by atomic mass is 19.1. The Kier molecular flexibility index (Phi) is 7.12. The van der Waals surface area contributed by atoms with Crippen molar-refractivity contribution in [2.75, 3.05) is 18.2 Å². The number of nitrogens with zero attached hydrogens (tertiary/aromatic N) is 4.